The van der Waals surface area contributed by atoms with Crippen LogP contribution in [0, 0.1) is 17.6 Å². The molecule has 1 aliphatic rings. The number of likely N-dealkylation sites (tertiary alicyclic amines) is 1. The number of nitrogens with one attached hydrogen (secondary N) is 1. The van der Waals surface area contributed by atoms with Crippen LogP contribution < -0.4 is 5.32 Å². The molecular formula is C19H20F2N2O. The smallest absolute Gasteiger partial charge is 0.227 e. The van der Waals surface area contributed by atoms with Gasteiger partial charge in [-0.3, -0.25) is 9.69 Å². The molecular weight excluding hydrogens is 310 g/mol. The maximum atomic E-state index is 13.2. The van der Waals surface area contributed by atoms with Crippen molar-refractivity contribution in [2.24, 2.45) is 5.92 Å². The molecule has 0 bridgehead atoms. The lowest BCUT2D eigenvalue weighted by Gasteiger charge is -2.31. The summed E-state index contributed by atoms with van der Waals surface area (Å²) in [4.78, 5) is 14.6. The Morgan fingerprint density at radius 1 is 1.04 bits per heavy atom. The summed E-state index contributed by atoms with van der Waals surface area (Å²) in [5, 5.41) is 2.78. The van der Waals surface area contributed by atoms with Crippen molar-refractivity contribution in [2.45, 2.75) is 19.4 Å². The molecule has 1 fully saturated rings. The minimum atomic E-state index is -0.359. The number of piperidine rings is 1. The molecule has 1 saturated heterocycles. The zero-order valence-corrected chi connectivity index (χ0v) is 13.3. The molecule has 0 aliphatic carbocycles. The van der Waals surface area contributed by atoms with E-state index in [1.807, 2.05) is 0 Å². The van der Waals surface area contributed by atoms with Crippen LogP contribution in [0.2, 0.25) is 0 Å². The average Bonchev–Trinajstić information content (AvgIpc) is 2.57. The number of halogens is 2. The van der Waals surface area contributed by atoms with E-state index < -0.39 is 0 Å². The van der Waals surface area contributed by atoms with Crippen LogP contribution in [0.15, 0.2) is 48.5 Å². The summed E-state index contributed by atoms with van der Waals surface area (Å²) in [5.41, 5.74) is 1.56. The highest BCUT2D eigenvalue weighted by molar-refractivity contribution is 5.92. The molecule has 1 heterocycles. The molecule has 126 valence electrons. The number of amides is 1. The van der Waals surface area contributed by atoms with Crippen LogP contribution in [0.1, 0.15) is 18.4 Å². The Bertz CT molecular complexity index is 695. The number of carbonyl (C=O) groups is 1. The quantitative estimate of drug-likeness (QED) is 0.924. The molecule has 24 heavy (non-hydrogen) atoms. The molecule has 1 N–H and O–H groups in total. The largest absolute Gasteiger partial charge is 0.326 e. The first-order valence-corrected chi connectivity index (χ1v) is 8.13. The molecule has 0 atom stereocenters. The summed E-state index contributed by atoms with van der Waals surface area (Å²) in [6.07, 6.45) is 1.53. The van der Waals surface area contributed by atoms with Gasteiger partial charge in [0.05, 0.1) is 0 Å². The maximum Gasteiger partial charge on any atom is 0.227 e. The van der Waals surface area contributed by atoms with Crippen molar-refractivity contribution in [1.82, 2.24) is 4.90 Å². The Hall–Kier alpha value is -2.27. The van der Waals surface area contributed by atoms with Crippen LogP contribution in [-0.2, 0) is 11.3 Å². The van der Waals surface area contributed by atoms with E-state index in [4.69, 9.17) is 0 Å². The minimum Gasteiger partial charge on any atom is -0.326 e. The van der Waals surface area contributed by atoms with Gasteiger partial charge in [-0.2, -0.15) is 0 Å². The van der Waals surface area contributed by atoms with E-state index >= 15 is 0 Å². The van der Waals surface area contributed by atoms with Crippen molar-refractivity contribution in [3.05, 3.63) is 65.7 Å². The normalized spacial score (nSPS) is 16.1. The number of anilines is 1. The number of carbonyl (C=O) groups excluding carboxylic acids is 1. The molecule has 0 radical (unpaired) electrons. The molecule has 2 aromatic carbocycles. The third kappa shape index (κ3) is 4.38. The number of rotatable bonds is 4. The van der Waals surface area contributed by atoms with Gasteiger partial charge in [-0.25, -0.2) is 8.78 Å². The number of hydrogen-bond acceptors (Lipinski definition) is 2. The molecule has 0 unspecified atom stereocenters. The number of nitrogens with zero attached hydrogens (tertiary/aromatic N) is 1. The van der Waals surface area contributed by atoms with Gasteiger partial charge in [0.2, 0.25) is 5.91 Å². The van der Waals surface area contributed by atoms with Gasteiger partial charge in [-0.15, -0.1) is 0 Å². The highest BCUT2D eigenvalue weighted by Crippen LogP contribution is 2.21. The molecule has 3 rings (SSSR count). The van der Waals surface area contributed by atoms with Crippen molar-refractivity contribution in [3.8, 4) is 0 Å². The Balaban J connectivity index is 1.49. The SMILES string of the molecule is O=C(Nc1cccc(F)c1)C1CCN(Cc2ccc(F)cc2)CC1. The van der Waals surface area contributed by atoms with Crippen LogP contribution in [0.3, 0.4) is 0 Å². The van der Waals surface area contributed by atoms with Crippen molar-refractivity contribution < 1.29 is 13.6 Å². The first-order chi connectivity index (χ1) is 11.6. The predicted octanol–water partition coefficient (Wildman–Crippen LogP) is 3.82. The summed E-state index contributed by atoms with van der Waals surface area (Å²) in [7, 11) is 0. The average molecular weight is 330 g/mol. The van der Waals surface area contributed by atoms with Gasteiger partial charge in [0.25, 0.3) is 0 Å². The minimum absolute atomic E-state index is 0.0537. The second-order valence-electron chi connectivity index (χ2n) is 6.18. The van der Waals surface area contributed by atoms with Gasteiger partial charge in [-0.05, 0) is 61.8 Å². The van der Waals surface area contributed by atoms with Gasteiger partial charge in [0.15, 0.2) is 0 Å². The molecule has 5 heteroatoms. The molecule has 0 spiro atoms. The lowest BCUT2D eigenvalue weighted by atomic mass is 9.95. The van der Waals surface area contributed by atoms with Crippen LogP contribution in [0.5, 0.6) is 0 Å². The van der Waals surface area contributed by atoms with Gasteiger partial charge in [-0.1, -0.05) is 18.2 Å². The third-order valence-corrected chi connectivity index (χ3v) is 4.37. The van der Waals surface area contributed by atoms with Crippen molar-refractivity contribution >= 4 is 11.6 Å². The van der Waals surface area contributed by atoms with Gasteiger partial charge in [0, 0.05) is 18.2 Å². The number of hydrogen-bond donors (Lipinski definition) is 1. The van der Waals surface area contributed by atoms with Gasteiger partial charge >= 0.3 is 0 Å². The standard InChI is InChI=1S/C19H20F2N2O/c20-16-6-4-14(5-7-16)13-23-10-8-15(9-11-23)19(24)22-18-3-1-2-17(21)12-18/h1-7,12,15H,8-11,13H2,(H,22,24). The zero-order valence-electron chi connectivity index (χ0n) is 13.3. The van der Waals surface area contributed by atoms with Crippen molar-refractivity contribution in [1.29, 1.82) is 0 Å². The maximum absolute atomic E-state index is 13.2. The van der Waals surface area contributed by atoms with E-state index in [9.17, 15) is 13.6 Å². The molecule has 0 aromatic heterocycles. The monoisotopic (exact) mass is 330 g/mol. The zero-order chi connectivity index (χ0) is 16.9. The third-order valence-electron chi connectivity index (χ3n) is 4.37. The second kappa shape index (κ2) is 7.53. The molecule has 1 aliphatic heterocycles. The lowest BCUT2D eigenvalue weighted by molar-refractivity contribution is -0.121. The summed E-state index contributed by atoms with van der Waals surface area (Å²) in [5.74, 6) is -0.701. The van der Waals surface area contributed by atoms with Crippen LogP contribution in [0.25, 0.3) is 0 Å². The lowest BCUT2D eigenvalue weighted by Crippen LogP contribution is -2.37. The van der Waals surface area contributed by atoms with E-state index in [-0.39, 0.29) is 23.5 Å². The van der Waals surface area contributed by atoms with E-state index in [0.29, 0.717) is 5.69 Å². The molecule has 2 aromatic rings. The first-order valence-electron chi connectivity index (χ1n) is 8.13. The Morgan fingerprint density at radius 2 is 1.75 bits per heavy atom. The Kier molecular flexibility index (Phi) is 5.20. The summed E-state index contributed by atoms with van der Waals surface area (Å²) >= 11 is 0. The fraction of sp³-hybridized carbons (Fsp3) is 0.316. The van der Waals surface area contributed by atoms with Crippen LogP contribution in [-0.4, -0.2) is 23.9 Å². The van der Waals surface area contributed by atoms with Crippen LogP contribution in [0.4, 0.5) is 14.5 Å². The van der Waals surface area contributed by atoms with E-state index in [2.05, 4.69) is 10.2 Å². The predicted molar refractivity (Wildman–Crippen MR) is 89.4 cm³/mol. The summed E-state index contributed by atoms with van der Waals surface area (Å²) in [6.45, 7) is 2.40. The molecule has 0 saturated carbocycles. The fourth-order valence-corrected chi connectivity index (χ4v) is 3.01. The van der Waals surface area contributed by atoms with Gasteiger partial charge in [0.1, 0.15) is 11.6 Å². The van der Waals surface area contributed by atoms with E-state index in [0.717, 1.165) is 38.0 Å². The second-order valence-corrected chi connectivity index (χ2v) is 6.18. The van der Waals surface area contributed by atoms with Crippen LogP contribution >= 0.6 is 0 Å². The van der Waals surface area contributed by atoms with Crippen molar-refractivity contribution in [2.75, 3.05) is 18.4 Å². The Labute approximate surface area is 140 Å². The fourth-order valence-electron chi connectivity index (χ4n) is 3.01. The Morgan fingerprint density at radius 3 is 2.42 bits per heavy atom. The molecule has 1 amide bonds. The molecule has 3 nitrogen and oxygen atoms in total. The summed E-state index contributed by atoms with van der Waals surface area (Å²) in [6, 6.07) is 12.4. The van der Waals surface area contributed by atoms with Gasteiger partial charge < -0.3 is 5.32 Å². The highest BCUT2D eigenvalue weighted by atomic mass is 19.1. The number of benzene rings is 2. The van der Waals surface area contributed by atoms with E-state index in [1.165, 1.54) is 24.3 Å². The topological polar surface area (TPSA) is 32.3 Å². The first kappa shape index (κ1) is 16.6. The summed E-state index contributed by atoms with van der Waals surface area (Å²) < 4.78 is 26.1. The van der Waals surface area contributed by atoms with E-state index in [1.54, 1.807) is 24.3 Å². The van der Waals surface area contributed by atoms with Crippen molar-refractivity contribution in [3.63, 3.8) is 0 Å². The highest BCUT2D eigenvalue weighted by Gasteiger charge is 2.25.